The van der Waals surface area contributed by atoms with Crippen LogP contribution < -0.4 is 11.1 Å². The first kappa shape index (κ1) is 18.6. The average molecular weight is 376 g/mol. The van der Waals surface area contributed by atoms with E-state index in [4.69, 9.17) is 10.5 Å². The largest absolute Gasteiger partial charge is 0.383 e. The standard InChI is InChI=1S/C17H24N6O2S/c1-25-12-11-22-7-9-23(10-8-22)17(24)19-14(13-5-3-2-4-6-13)15-20-21-16(18)26-15/h2-6,14H,7-12H2,1H3,(H2,18,21)(H,19,24). The molecule has 1 unspecified atom stereocenters. The lowest BCUT2D eigenvalue weighted by Crippen LogP contribution is -2.52. The Bertz CT molecular complexity index is 702. The number of nitrogens with two attached hydrogens (primary N) is 1. The fourth-order valence-corrected chi connectivity index (χ4v) is 3.60. The summed E-state index contributed by atoms with van der Waals surface area (Å²) in [6.07, 6.45) is 0. The van der Waals surface area contributed by atoms with Crippen molar-refractivity contribution < 1.29 is 9.53 Å². The van der Waals surface area contributed by atoms with Crippen LogP contribution in [-0.4, -0.2) is 72.5 Å². The van der Waals surface area contributed by atoms with Gasteiger partial charge in [-0.2, -0.15) is 0 Å². The number of nitrogens with one attached hydrogen (secondary N) is 1. The number of carbonyl (C=O) groups is 1. The lowest BCUT2D eigenvalue weighted by atomic mass is 10.1. The molecule has 1 aromatic carbocycles. The van der Waals surface area contributed by atoms with Gasteiger partial charge in [0.15, 0.2) is 0 Å². The molecule has 9 heteroatoms. The van der Waals surface area contributed by atoms with Crippen LogP contribution in [-0.2, 0) is 4.74 Å². The average Bonchev–Trinajstić information content (AvgIpc) is 3.11. The highest BCUT2D eigenvalue weighted by atomic mass is 32.1. The molecule has 0 aliphatic carbocycles. The summed E-state index contributed by atoms with van der Waals surface area (Å²) in [5.41, 5.74) is 6.68. The Kier molecular flexibility index (Phi) is 6.37. The second kappa shape index (κ2) is 8.93. The van der Waals surface area contributed by atoms with Crippen LogP contribution in [0.1, 0.15) is 16.6 Å². The number of aromatic nitrogens is 2. The molecule has 1 atom stereocenters. The molecule has 1 fully saturated rings. The summed E-state index contributed by atoms with van der Waals surface area (Å²) in [6.45, 7) is 4.67. The van der Waals surface area contributed by atoms with Crippen molar-refractivity contribution in [3.05, 3.63) is 40.9 Å². The maximum absolute atomic E-state index is 12.8. The normalized spacial score (nSPS) is 16.4. The minimum Gasteiger partial charge on any atom is -0.383 e. The number of ether oxygens (including phenoxy) is 1. The highest BCUT2D eigenvalue weighted by Gasteiger charge is 2.26. The quantitative estimate of drug-likeness (QED) is 0.786. The summed E-state index contributed by atoms with van der Waals surface area (Å²) in [4.78, 5) is 16.9. The molecule has 2 aromatic rings. The molecule has 26 heavy (non-hydrogen) atoms. The van der Waals surface area contributed by atoms with Gasteiger partial charge in [0.25, 0.3) is 0 Å². The van der Waals surface area contributed by atoms with Gasteiger partial charge in [-0.3, -0.25) is 4.90 Å². The van der Waals surface area contributed by atoms with Gasteiger partial charge >= 0.3 is 6.03 Å². The van der Waals surface area contributed by atoms with E-state index in [-0.39, 0.29) is 12.1 Å². The number of benzene rings is 1. The third-order valence-electron chi connectivity index (χ3n) is 4.38. The van der Waals surface area contributed by atoms with E-state index in [0.717, 1.165) is 25.2 Å². The number of nitrogens with zero attached hydrogens (tertiary/aromatic N) is 4. The van der Waals surface area contributed by atoms with E-state index in [1.54, 1.807) is 7.11 Å². The summed E-state index contributed by atoms with van der Waals surface area (Å²) in [5, 5.41) is 12.2. The molecule has 0 bridgehead atoms. The van der Waals surface area contributed by atoms with Crippen molar-refractivity contribution in [2.45, 2.75) is 6.04 Å². The fraction of sp³-hybridized carbons (Fsp3) is 0.471. The van der Waals surface area contributed by atoms with E-state index in [1.165, 1.54) is 11.3 Å². The molecular weight excluding hydrogens is 352 g/mol. The van der Waals surface area contributed by atoms with E-state index < -0.39 is 0 Å². The minimum absolute atomic E-state index is 0.0981. The van der Waals surface area contributed by atoms with Crippen molar-refractivity contribution in [1.29, 1.82) is 0 Å². The summed E-state index contributed by atoms with van der Waals surface area (Å²) in [5.74, 6) is 0. The molecule has 3 rings (SSSR count). The molecule has 0 saturated carbocycles. The van der Waals surface area contributed by atoms with Crippen molar-refractivity contribution in [2.24, 2.45) is 0 Å². The second-order valence-corrected chi connectivity index (χ2v) is 7.13. The molecule has 3 N–H and O–H groups in total. The number of urea groups is 1. The highest BCUT2D eigenvalue weighted by Crippen LogP contribution is 2.26. The van der Waals surface area contributed by atoms with Crippen molar-refractivity contribution in [1.82, 2.24) is 25.3 Å². The Labute approximate surface area is 156 Å². The first-order valence-electron chi connectivity index (χ1n) is 8.58. The zero-order chi connectivity index (χ0) is 18.4. The zero-order valence-corrected chi connectivity index (χ0v) is 15.6. The van der Waals surface area contributed by atoms with E-state index in [2.05, 4.69) is 20.4 Å². The third-order valence-corrected chi connectivity index (χ3v) is 5.19. The second-order valence-electron chi connectivity index (χ2n) is 6.09. The minimum atomic E-state index is -0.356. The maximum Gasteiger partial charge on any atom is 0.318 e. The van der Waals surface area contributed by atoms with E-state index in [0.29, 0.717) is 29.8 Å². The summed E-state index contributed by atoms with van der Waals surface area (Å²) in [7, 11) is 1.70. The van der Waals surface area contributed by atoms with Gasteiger partial charge < -0.3 is 20.7 Å². The van der Waals surface area contributed by atoms with E-state index >= 15 is 0 Å². The number of carbonyl (C=O) groups excluding carboxylic acids is 1. The van der Waals surface area contributed by atoms with E-state index in [9.17, 15) is 4.79 Å². The summed E-state index contributed by atoms with van der Waals surface area (Å²) in [6, 6.07) is 9.29. The maximum atomic E-state index is 12.8. The van der Waals surface area contributed by atoms with Crippen LogP contribution in [0.3, 0.4) is 0 Å². The first-order valence-corrected chi connectivity index (χ1v) is 9.39. The van der Waals surface area contributed by atoms with Crippen molar-refractivity contribution in [2.75, 3.05) is 52.2 Å². The number of piperazine rings is 1. The van der Waals surface area contributed by atoms with Gasteiger partial charge in [-0.25, -0.2) is 4.79 Å². The van der Waals surface area contributed by atoms with Gasteiger partial charge in [-0.1, -0.05) is 41.7 Å². The van der Waals surface area contributed by atoms with Crippen LogP contribution in [0.25, 0.3) is 0 Å². The molecule has 0 radical (unpaired) electrons. The molecule has 1 aliphatic rings. The lowest BCUT2D eigenvalue weighted by Gasteiger charge is -2.35. The van der Waals surface area contributed by atoms with Crippen LogP contribution in [0.15, 0.2) is 30.3 Å². The van der Waals surface area contributed by atoms with Crippen LogP contribution in [0, 0.1) is 0 Å². The monoisotopic (exact) mass is 376 g/mol. The Hall–Kier alpha value is -2.23. The molecule has 140 valence electrons. The molecule has 1 saturated heterocycles. The van der Waals surface area contributed by atoms with Gasteiger partial charge in [0.2, 0.25) is 5.13 Å². The van der Waals surface area contributed by atoms with Crippen LogP contribution in [0.4, 0.5) is 9.93 Å². The summed E-state index contributed by atoms with van der Waals surface area (Å²) < 4.78 is 5.11. The van der Waals surface area contributed by atoms with Crippen LogP contribution >= 0.6 is 11.3 Å². The predicted octanol–water partition coefficient (Wildman–Crippen LogP) is 1.18. The van der Waals surface area contributed by atoms with Gasteiger partial charge in [0, 0.05) is 39.8 Å². The van der Waals surface area contributed by atoms with Crippen LogP contribution in [0.5, 0.6) is 0 Å². The van der Waals surface area contributed by atoms with Gasteiger partial charge in [0.05, 0.1) is 6.61 Å². The molecule has 8 nitrogen and oxygen atoms in total. The highest BCUT2D eigenvalue weighted by molar-refractivity contribution is 7.15. The first-order chi connectivity index (χ1) is 12.7. The van der Waals surface area contributed by atoms with Crippen molar-refractivity contribution >= 4 is 22.5 Å². The van der Waals surface area contributed by atoms with E-state index in [1.807, 2.05) is 35.2 Å². The Morgan fingerprint density at radius 2 is 2.00 bits per heavy atom. The number of amides is 2. The molecule has 1 aliphatic heterocycles. The molecule has 2 amide bonds. The Balaban J connectivity index is 1.65. The van der Waals surface area contributed by atoms with Gasteiger partial charge in [-0.15, -0.1) is 10.2 Å². The topological polar surface area (TPSA) is 96.6 Å². The van der Waals surface area contributed by atoms with Crippen LogP contribution in [0.2, 0.25) is 0 Å². The fourth-order valence-electron chi connectivity index (χ4n) is 2.91. The summed E-state index contributed by atoms with van der Waals surface area (Å²) >= 11 is 1.29. The Morgan fingerprint density at radius 1 is 1.27 bits per heavy atom. The third kappa shape index (κ3) is 4.69. The number of nitrogen functional groups attached to an aromatic ring is 1. The number of hydrogen-bond acceptors (Lipinski definition) is 7. The van der Waals surface area contributed by atoms with Gasteiger partial charge in [-0.05, 0) is 5.56 Å². The molecule has 0 spiro atoms. The Morgan fingerprint density at radius 3 is 2.62 bits per heavy atom. The number of methoxy groups -OCH3 is 1. The smallest absolute Gasteiger partial charge is 0.318 e. The van der Waals surface area contributed by atoms with Gasteiger partial charge in [0.1, 0.15) is 11.0 Å². The number of hydrogen-bond donors (Lipinski definition) is 2. The number of anilines is 1. The number of rotatable bonds is 6. The zero-order valence-electron chi connectivity index (χ0n) is 14.8. The van der Waals surface area contributed by atoms with Crippen molar-refractivity contribution in [3.8, 4) is 0 Å². The molecular formula is C17H24N6O2S. The SMILES string of the molecule is COCCN1CCN(C(=O)NC(c2ccccc2)c2nnc(N)s2)CC1. The van der Waals surface area contributed by atoms with Crippen molar-refractivity contribution in [3.63, 3.8) is 0 Å². The lowest BCUT2D eigenvalue weighted by molar-refractivity contribution is 0.105. The molecule has 2 heterocycles. The predicted molar refractivity (Wildman–Crippen MR) is 101 cm³/mol. The molecule has 1 aromatic heterocycles.